The van der Waals surface area contributed by atoms with Gasteiger partial charge in [0.15, 0.2) is 0 Å². The molecule has 0 radical (unpaired) electrons. The molecule has 0 aliphatic carbocycles. The molecule has 1 amide bonds. The Morgan fingerprint density at radius 2 is 1.91 bits per heavy atom. The first-order valence-electron chi connectivity index (χ1n) is 7.34. The highest BCUT2D eigenvalue weighted by atomic mass is 32.2. The van der Waals surface area contributed by atoms with E-state index in [-0.39, 0.29) is 10.8 Å². The zero-order valence-corrected chi connectivity index (χ0v) is 13.7. The number of carbonyl (C=O) groups is 1. The molecular formula is C15H22N2O4S. The molecular weight excluding hydrogens is 304 g/mol. The van der Waals surface area contributed by atoms with Crippen molar-refractivity contribution in [2.45, 2.75) is 31.6 Å². The van der Waals surface area contributed by atoms with E-state index in [1.807, 2.05) is 13.8 Å². The summed E-state index contributed by atoms with van der Waals surface area (Å²) in [6, 6.07) is 5.08. The summed E-state index contributed by atoms with van der Waals surface area (Å²) in [5.41, 5.74) is 2.00. The number of nitrogens with one attached hydrogen (secondary N) is 1. The smallest absolute Gasteiger partial charge is 0.407 e. The SMILES string of the molecule is Cc1ccc(S(=O)(=O)NCC2CCN(C(=O)O)CC2)cc1C. The highest BCUT2D eigenvalue weighted by molar-refractivity contribution is 7.89. The van der Waals surface area contributed by atoms with Gasteiger partial charge >= 0.3 is 6.09 Å². The van der Waals surface area contributed by atoms with Crippen molar-refractivity contribution in [1.29, 1.82) is 0 Å². The molecule has 2 rings (SSSR count). The maximum absolute atomic E-state index is 12.3. The van der Waals surface area contributed by atoms with Crippen molar-refractivity contribution in [3.63, 3.8) is 0 Å². The van der Waals surface area contributed by atoms with Gasteiger partial charge in [0.25, 0.3) is 0 Å². The van der Waals surface area contributed by atoms with Gasteiger partial charge in [-0.3, -0.25) is 0 Å². The van der Waals surface area contributed by atoms with Crippen molar-refractivity contribution < 1.29 is 18.3 Å². The van der Waals surface area contributed by atoms with Crippen LogP contribution >= 0.6 is 0 Å². The monoisotopic (exact) mass is 326 g/mol. The van der Waals surface area contributed by atoms with Gasteiger partial charge in [-0.1, -0.05) is 6.07 Å². The number of rotatable bonds is 4. The predicted octanol–water partition coefficient (Wildman–Crippen LogP) is 1.97. The lowest BCUT2D eigenvalue weighted by atomic mass is 9.97. The van der Waals surface area contributed by atoms with Gasteiger partial charge in [-0.25, -0.2) is 17.9 Å². The molecule has 6 nitrogen and oxygen atoms in total. The average molecular weight is 326 g/mol. The lowest BCUT2D eigenvalue weighted by Crippen LogP contribution is -2.40. The molecule has 0 bridgehead atoms. The number of aryl methyl sites for hydroxylation is 2. The van der Waals surface area contributed by atoms with Crippen LogP contribution in [0.2, 0.25) is 0 Å². The molecule has 2 N–H and O–H groups in total. The molecule has 1 heterocycles. The fourth-order valence-corrected chi connectivity index (χ4v) is 3.72. The second-order valence-electron chi connectivity index (χ2n) is 5.81. The van der Waals surface area contributed by atoms with Crippen LogP contribution in [-0.4, -0.2) is 44.2 Å². The Morgan fingerprint density at radius 3 is 2.45 bits per heavy atom. The van der Waals surface area contributed by atoms with E-state index in [1.165, 1.54) is 4.90 Å². The highest BCUT2D eigenvalue weighted by Crippen LogP contribution is 2.18. The number of sulfonamides is 1. The predicted molar refractivity (Wildman–Crippen MR) is 83.4 cm³/mol. The molecule has 22 heavy (non-hydrogen) atoms. The Morgan fingerprint density at radius 1 is 1.27 bits per heavy atom. The van der Waals surface area contributed by atoms with E-state index in [0.717, 1.165) is 11.1 Å². The van der Waals surface area contributed by atoms with Crippen molar-refractivity contribution >= 4 is 16.1 Å². The maximum Gasteiger partial charge on any atom is 0.407 e. The molecule has 7 heteroatoms. The number of amides is 1. The Balaban J connectivity index is 1.93. The second-order valence-corrected chi connectivity index (χ2v) is 7.58. The second kappa shape index (κ2) is 6.66. The van der Waals surface area contributed by atoms with Crippen LogP contribution in [0, 0.1) is 19.8 Å². The summed E-state index contributed by atoms with van der Waals surface area (Å²) in [7, 11) is -3.51. The molecule has 1 aromatic carbocycles. The molecule has 0 atom stereocenters. The number of benzene rings is 1. The fraction of sp³-hybridized carbons (Fsp3) is 0.533. The summed E-state index contributed by atoms with van der Waals surface area (Å²) < 4.78 is 27.2. The number of carboxylic acid groups (broad SMARTS) is 1. The van der Waals surface area contributed by atoms with Crippen molar-refractivity contribution in [2.24, 2.45) is 5.92 Å². The van der Waals surface area contributed by atoms with Crippen LogP contribution < -0.4 is 4.72 Å². The first kappa shape index (κ1) is 16.8. The highest BCUT2D eigenvalue weighted by Gasteiger charge is 2.24. The van der Waals surface area contributed by atoms with Gasteiger partial charge in [0.2, 0.25) is 10.0 Å². The molecule has 122 valence electrons. The van der Waals surface area contributed by atoms with Crippen LogP contribution in [0.3, 0.4) is 0 Å². The number of hydrogen-bond acceptors (Lipinski definition) is 3. The first-order chi connectivity index (χ1) is 10.3. The minimum absolute atomic E-state index is 0.178. The summed E-state index contributed by atoms with van der Waals surface area (Å²) >= 11 is 0. The fourth-order valence-electron chi connectivity index (χ4n) is 2.52. The largest absolute Gasteiger partial charge is 0.465 e. The third-order valence-corrected chi connectivity index (χ3v) is 5.66. The quantitative estimate of drug-likeness (QED) is 0.885. The molecule has 1 aromatic rings. The average Bonchev–Trinajstić information content (AvgIpc) is 2.48. The minimum atomic E-state index is -3.51. The lowest BCUT2D eigenvalue weighted by Gasteiger charge is -2.29. The number of hydrogen-bond donors (Lipinski definition) is 2. The molecule has 0 spiro atoms. The first-order valence-corrected chi connectivity index (χ1v) is 8.82. The Bertz CT molecular complexity index is 650. The Labute approximate surface area is 131 Å². The van der Waals surface area contributed by atoms with Gasteiger partial charge in [0.05, 0.1) is 4.90 Å². The number of nitrogens with zero attached hydrogens (tertiary/aromatic N) is 1. The van der Waals surface area contributed by atoms with E-state index in [9.17, 15) is 13.2 Å². The molecule has 1 saturated heterocycles. The number of likely N-dealkylation sites (tertiary alicyclic amines) is 1. The van der Waals surface area contributed by atoms with Gasteiger partial charge in [-0.2, -0.15) is 0 Å². The van der Waals surface area contributed by atoms with Crippen molar-refractivity contribution in [2.75, 3.05) is 19.6 Å². The van der Waals surface area contributed by atoms with E-state index in [2.05, 4.69) is 4.72 Å². The normalized spacial score (nSPS) is 16.7. The summed E-state index contributed by atoms with van der Waals surface area (Å²) in [5, 5.41) is 8.90. The third-order valence-electron chi connectivity index (χ3n) is 4.24. The topological polar surface area (TPSA) is 86.7 Å². The lowest BCUT2D eigenvalue weighted by molar-refractivity contribution is 0.125. The van der Waals surface area contributed by atoms with Gasteiger partial charge in [-0.05, 0) is 55.9 Å². The zero-order chi connectivity index (χ0) is 16.3. The third kappa shape index (κ3) is 3.98. The van der Waals surface area contributed by atoms with E-state index in [0.29, 0.717) is 32.5 Å². The molecule has 1 aliphatic heterocycles. The summed E-state index contributed by atoms with van der Waals surface area (Å²) in [6.07, 6.45) is 0.456. The summed E-state index contributed by atoms with van der Waals surface area (Å²) in [6.45, 7) is 5.10. The Hall–Kier alpha value is -1.60. The van der Waals surface area contributed by atoms with E-state index in [1.54, 1.807) is 18.2 Å². The van der Waals surface area contributed by atoms with Crippen LogP contribution in [0.5, 0.6) is 0 Å². The molecule has 1 aliphatic rings. The zero-order valence-electron chi connectivity index (χ0n) is 12.9. The standard InChI is InChI=1S/C15H22N2O4S/c1-11-3-4-14(9-12(11)2)22(20,21)16-10-13-5-7-17(8-6-13)15(18)19/h3-4,9,13,16H,5-8,10H2,1-2H3,(H,18,19). The van der Waals surface area contributed by atoms with Crippen LogP contribution in [0.1, 0.15) is 24.0 Å². The van der Waals surface area contributed by atoms with E-state index >= 15 is 0 Å². The van der Waals surface area contributed by atoms with E-state index in [4.69, 9.17) is 5.11 Å². The van der Waals surface area contributed by atoms with Crippen molar-refractivity contribution in [1.82, 2.24) is 9.62 Å². The maximum atomic E-state index is 12.3. The van der Waals surface area contributed by atoms with Crippen LogP contribution in [-0.2, 0) is 10.0 Å². The molecule has 0 aromatic heterocycles. The van der Waals surface area contributed by atoms with Gasteiger partial charge in [-0.15, -0.1) is 0 Å². The van der Waals surface area contributed by atoms with Gasteiger partial charge < -0.3 is 10.0 Å². The molecule has 1 fully saturated rings. The molecule has 0 unspecified atom stereocenters. The van der Waals surface area contributed by atoms with Crippen molar-refractivity contribution in [3.8, 4) is 0 Å². The van der Waals surface area contributed by atoms with Crippen molar-refractivity contribution in [3.05, 3.63) is 29.3 Å². The minimum Gasteiger partial charge on any atom is -0.465 e. The van der Waals surface area contributed by atoms with Crippen LogP contribution in [0.25, 0.3) is 0 Å². The van der Waals surface area contributed by atoms with Crippen LogP contribution in [0.15, 0.2) is 23.1 Å². The van der Waals surface area contributed by atoms with E-state index < -0.39 is 16.1 Å². The van der Waals surface area contributed by atoms with Gasteiger partial charge in [0.1, 0.15) is 0 Å². The Kier molecular flexibility index (Phi) is 5.08. The summed E-state index contributed by atoms with van der Waals surface area (Å²) in [5.74, 6) is 0.178. The molecule has 0 saturated carbocycles. The number of piperidine rings is 1. The van der Waals surface area contributed by atoms with Gasteiger partial charge in [0, 0.05) is 19.6 Å². The van der Waals surface area contributed by atoms with Crippen LogP contribution in [0.4, 0.5) is 4.79 Å². The summed E-state index contributed by atoms with van der Waals surface area (Å²) in [4.78, 5) is 12.5.